The number of ether oxygens (including phenoxy) is 1. The third-order valence-corrected chi connectivity index (χ3v) is 5.40. The summed E-state index contributed by atoms with van der Waals surface area (Å²) in [5, 5.41) is 0. The fourth-order valence-electron chi connectivity index (χ4n) is 3.56. The first-order valence-corrected chi connectivity index (χ1v) is 11.1. The van der Waals surface area contributed by atoms with Crippen LogP contribution >= 0.6 is 0 Å². The largest absolute Gasteiger partial charge is 0.489 e. The van der Waals surface area contributed by atoms with E-state index in [1.54, 1.807) is 30.9 Å². The molecule has 2 aromatic carbocycles. The monoisotopic (exact) mass is 437 g/mol. The Morgan fingerprint density at radius 2 is 1.45 bits per heavy atom. The van der Waals surface area contributed by atoms with Gasteiger partial charge in [0.1, 0.15) is 12.4 Å². The van der Waals surface area contributed by atoms with Crippen molar-refractivity contribution in [1.82, 2.24) is 14.9 Å². The Kier molecular flexibility index (Phi) is 7.44. The molecule has 1 amide bonds. The lowest BCUT2D eigenvalue weighted by Crippen LogP contribution is -2.30. The highest BCUT2D eigenvalue weighted by molar-refractivity contribution is 5.94. The minimum atomic E-state index is -0.0507. The zero-order chi connectivity index (χ0) is 22.9. The summed E-state index contributed by atoms with van der Waals surface area (Å²) in [6, 6.07) is 23.5. The summed E-state index contributed by atoms with van der Waals surface area (Å²) in [6.45, 7) is 3.52. The first-order valence-electron chi connectivity index (χ1n) is 11.1. The number of carbonyl (C=O) groups excluding carboxylic acids is 1. The quantitative estimate of drug-likeness (QED) is 0.349. The van der Waals surface area contributed by atoms with Crippen molar-refractivity contribution in [1.29, 1.82) is 0 Å². The minimum Gasteiger partial charge on any atom is -0.489 e. The SMILES string of the molecule is CCc1ccc(CN(Cc2cccnc2)C(=O)c2cccc(OCc3cccnc3)c2)cc1. The van der Waals surface area contributed by atoms with Crippen LogP contribution in [-0.2, 0) is 26.1 Å². The molecule has 5 heteroatoms. The second kappa shape index (κ2) is 11.0. The number of hydrogen-bond donors (Lipinski definition) is 0. The van der Waals surface area contributed by atoms with Crippen molar-refractivity contribution in [2.24, 2.45) is 0 Å². The van der Waals surface area contributed by atoms with E-state index < -0.39 is 0 Å². The van der Waals surface area contributed by atoms with E-state index in [1.807, 2.05) is 47.4 Å². The summed E-state index contributed by atoms with van der Waals surface area (Å²) >= 11 is 0. The average Bonchev–Trinajstić information content (AvgIpc) is 2.88. The Labute approximate surface area is 194 Å². The number of benzene rings is 2. The molecule has 5 nitrogen and oxygen atoms in total. The van der Waals surface area contributed by atoms with Gasteiger partial charge in [0.25, 0.3) is 5.91 Å². The number of aryl methyl sites for hydroxylation is 1. The predicted octanol–water partition coefficient (Wildman–Crippen LogP) is 5.46. The Hall–Kier alpha value is -3.99. The number of pyridine rings is 2. The van der Waals surface area contributed by atoms with E-state index in [0.29, 0.717) is 31.0 Å². The molecular formula is C28H27N3O2. The molecule has 4 aromatic rings. The fraction of sp³-hybridized carbons (Fsp3) is 0.179. The maximum Gasteiger partial charge on any atom is 0.254 e. The number of hydrogen-bond acceptors (Lipinski definition) is 4. The lowest BCUT2D eigenvalue weighted by Gasteiger charge is -2.23. The van der Waals surface area contributed by atoms with Crippen molar-refractivity contribution < 1.29 is 9.53 Å². The van der Waals surface area contributed by atoms with Crippen LogP contribution in [0.25, 0.3) is 0 Å². The molecule has 0 fully saturated rings. The number of carbonyl (C=O) groups is 1. The fourth-order valence-corrected chi connectivity index (χ4v) is 3.56. The molecule has 33 heavy (non-hydrogen) atoms. The zero-order valence-electron chi connectivity index (χ0n) is 18.7. The van der Waals surface area contributed by atoms with E-state index in [0.717, 1.165) is 23.1 Å². The van der Waals surface area contributed by atoms with Gasteiger partial charge in [0, 0.05) is 49.0 Å². The Morgan fingerprint density at radius 3 is 2.12 bits per heavy atom. The highest BCUT2D eigenvalue weighted by Crippen LogP contribution is 2.19. The summed E-state index contributed by atoms with van der Waals surface area (Å²) in [5.41, 5.74) is 4.92. The highest BCUT2D eigenvalue weighted by atomic mass is 16.5. The molecule has 0 saturated heterocycles. The molecule has 2 aromatic heterocycles. The molecule has 0 unspecified atom stereocenters. The van der Waals surface area contributed by atoms with E-state index in [1.165, 1.54) is 5.56 Å². The molecule has 0 saturated carbocycles. The van der Waals surface area contributed by atoms with Crippen LogP contribution < -0.4 is 4.74 Å². The van der Waals surface area contributed by atoms with Gasteiger partial charge in [-0.3, -0.25) is 14.8 Å². The average molecular weight is 438 g/mol. The summed E-state index contributed by atoms with van der Waals surface area (Å²) < 4.78 is 5.90. The van der Waals surface area contributed by atoms with Gasteiger partial charge >= 0.3 is 0 Å². The molecule has 0 radical (unpaired) electrons. The third-order valence-electron chi connectivity index (χ3n) is 5.40. The van der Waals surface area contributed by atoms with Gasteiger partial charge in [-0.25, -0.2) is 0 Å². The molecule has 166 valence electrons. The van der Waals surface area contributed by atoms with Gasteiger partial charge < -0.3 is 9.64 Å². The van der Waals surface area contributed by atoms with Crippen LogP contribution in [0.5, 0.6) is 5.75 Å². The highest BCUT2D eigenvalue weighted by Gasteiger charge is 2.18. The molecule has 2 heterocycles. The topological polar surface area (TPSA) is 55.3 Å². The number of amides is 1. The van der Waals surface area contributed by atoms with Gasteiger partial charge in [0.15, 0.2) is 0 Å². The van der Waals surface area contributed by atoms with Gasteiger partial charge in [0.2, 0.25) is 0 Å². The van der Waals surface area contributed by atoms with E-state index in [9.17, 15) is 4.79 Å². The van der Waals surface area contributed by atoms with Gasteiger partial charge in [-0.1, -0.05) is 49.4 Å². The van der Waals surface area contributed by atoms with Gasteiger partial charge in [0.05, 0.1) is 0 Å². The first kappa shape index (κ1) is 22.2. The zero-order valence-corrected chi connectivity index (χ0v) is 18.7. The molecule has 0 spiro atoms. The summed E-state index contributed by atoms with van der Waals surface area (Å²) in [5.74, 6) is 0.601. The summed E-state index contributed by atoms with van der Waals surface area (Å²) in [7, 11) is 0. The van der Waals surface area contributed by atoms with Crippen molar-refractivity contribution in [2.75, 3.05) is 0 Å². The maximum absolute atomic E-state index is 13.5. The normalized spacial score (nSPS) is 10.6. The molecule has 4 rings (SSSR count). The maximum atomic E-state index is 13.5. The van der Waals surface area contributed by atoms with Crippen molar-refractivity contribution in [3.05, 3.63) is 125 Å². The van der Waals surface area contributed by atoms with Crippen LogP contribution in [0.1, 0.15) is 39.5 Å². The molecule has 0 atom stereocenters. The van der Waals surface area contributed by atoms with E-state index in [-0.39, 0.29) is 5.91 Å². The number of aromatic nitrogens is 2. The summed E-state index contributed by atoms with van der Waals surface area (Å²) in [4.78, 5) is 23.7. The Balaban J connectivity index is 1.53. The first-order chi connectivity index (χ1) is 16.2. The minimum absolute atomic E-state index is 0.0507. The predicted molar refractivity (Wildman–Crippen MR) is 129 cm³/mol. The van der Waals surface area contributed by atoms with E-state index in [4.69, 9.17) is 4.74 Å². The standard InChI is InChI=1S/C28H27N3O2/c1-2-22-10-12-23(13-11-22)19-31(20-24-6-4-14-29-17-24)28(32)26-8-3-9-27(16-26)33-21-25-7-5-15-30-18-25/h3-18H,2,19-21H2,1H3. The van der Waals surface area contributed by atoms with E-state index in [2.05, 4.69) is 41.2 Å². The van der Waals surface area contributed by atoms with Gasteiger partial charge in [-0.15, -0.1) is 0 Å². The van der Waals surface area contributed by atoms with Crippen molar-refractivity contribution in [3.63, 3.8) is 0 Å². The molecule has 0 bridgehead atoms. The lowest BCUT2D eigenvalue weighted by molar-refractivity contribution is 0.0729. The summed E-state index contributed by atoms with van der Waals surface area (Å²) in [6.07, 6.45) is 8.03. The number of rotatable bonds is 9. The van der Waals surface area contributed by atoms with Crippen LogP contribution in [0.2, 0.25) is 0 Å². The molecular weight excluding hydrogens is 410 g/mol. The second-order valence-electron chi connectivity index (χ2n) is 7.87. The smallest absolute Gasteiger partial charge is 0.254 e. The van der Waals surface area contributed by atoms with Crippen molar-refractivity contribution in [2.45, 2.75) is 33.0 Å². The van der Waals surface area contributed by atoms with Crippen LogP contribution in [0, 0.1) is 0 Å². The van der Waals surface area contributed by atoms with Gasteiger partial charge in [-0.05, 0) is 53.4 Å². The van der Waals surface area contributed by atoms with Crippen LogP contribution in [-0.4, -0.2) is 20.8 Å². The Morgan fingerprint density at radius 1 is 0.788 bits per heavy atom. The molecule has 0 aliphatic carbocycles. The Bertz CT molecular complexity index is 1160. The molecule has 0 aliphatic heterocycles. The third kappa shape index (κ3) is 6.26. The van der Waals surface area contributed by atoms with Crippen molar-refractivity contribution in [3.8, 4) is 5.75 Å². The van der Waals surface area contributed by atoms with Crippen LogP contribution in [0.4, 0.5) is 0 Å². The second-order valence-corrected chi connectivity index (χ2v) is 7.87. The van der Waals surface area contributed by atoms with Gasteiger partial charge in [-0.2, -0.15) is 0 Å². The molecule has 0 N–H and O–H groups in total. The molecule has 0 aliphatic rings. The lowest BCUT2D eigenvalue weighted by atomic mass is 10.1. The van der Waals surface area contributed by atoms with Crippen LogP contribution in [0.3, 0.4) is 0 Å². The van der Waals surface area contributed by atoms with Crippen LogP contribution in [0.15, 0.2) is 97.6 Å². The van der Waals surface area contributed by atoms with Crippen molar-refractivity contribution >= 4 is 5.91 Å². The number of nitrogens with zero attached hydrogens (tertiary/aromatic N) is 3. The van der Waals surface area contributed by atoms with E-state index >= 15 is 0 Å².